The number of aromatic nitrogens is 3. The van der Waals surface area contributed by atoms with E-state index < -0.39 is 5.66 Å². The SMILES string of the molecule is CNC(C)(C)n1ncc(-c2nc(CC(=O)NCc3ccc(F)cc3)cs2)c1-c1ccc(F)cc1. The summed E-state index contributed by atoms with van der Waals surface area (Å²) in [6.07, 6.45) is 1.87. The van der Waals surface area contributed by atoms with E-state index >= 15 is 0 Å². The molecule has 2 aromatic carbocycles. The van der Waals surface area contributed by atoms with Crippen molar-refractivity contribution in [3.8, 4) is 21.8 Å². The molecule has 0 fully saturated rings. The highest BCUT2D eigenvalue weighted by Crippen LogP contribution is 2.36. The number of amides is 1. The van der Waals surface area contributed by atoms with Gasteiger partial charge in [0.15, 0.2) is 0 Å². The molecule has 0 unspecified atom stereocenters. The second-order valence-corrected chi connectivity index (χ2v) is 9.22. The lowest BCUT2D eigenvalue weighted by atomic mass is 10.1. The molecule has 1 amide bonds. The zero-order valence-corrected chi connectivity index (χ0v) is 19.9. The standard InChI is InChI=1S/C25H25F2N5OS/c1-25(2,28-3)32-23(17-6-10-19(27)11-7-17)21(14-30-32)24-31-20(15-34-24)12-22(33)29-13-16-4-8-18(26)9-5-16/h4-11,14-15,28H,12-13H2,1-3H3,(H,29,33). The molecular weight excluding hydrogens is 456 g/mol. The van der Waals surface area contributed by atoms with E-state index in [0.717, 1.165) is 27.4 Å². The Bertz CT molecular complexity index is 1280. The van der Waals surface area contributed by atoms with E-state index in [1.807, 2.05) is 31.0 Å². The van der Waals surface area contributed by atoms with Gasteiger partial charge in [0.2, 0.25) is 5.91 Å². The van der Waals surface area contributed by atoms with E-state index in [-0.39, 0.29) is 24.0 Å². The first-order chi connectivity index (χ1) is 16.3. The average molecular weight is 482 g/mol. The number of nitrogens with zero attached hydrogens (tertiary/aromatic N) is 3. The Morgan fingerprint density at radius 3 is 2.35 bits per heavy atom. The second-order valence-electron chi connectivity index (χ2n) is 8.36. The fourth-order valence-electron chi connectivity index (χ4n) is 3.46. The van der Waals surface area contributed by atoms with Gasteiger partial charge in [-0.15, -0.1) is 11.3 Å². The number of hydrogen-bond acceptors (Lipinski definition) is 5. The molecule has 0 saturated carbocycles. The maximum Gasteiger partial charge on any atom is 0.226 e. The number of benzene rings is 2. The van der Waals surface area contributed by atoms with Crippen LogP contribution in [-0.2, 0) is 23.4 Å². The fraction of sp³-hybridized carbons (Fsp3) is 0.240. The quantitative estimate of drug-likeness (QED) is 0.382. The van der Waals surface area contributed by atoms with Gasteiger partial charge in [0.25, 0.3) is 0 Å². The summed E-state index contributed by atoms with van der Waals surface area (Å²) < 4.78 is 28.5. The third-order valence-electron chi connectivity index (χ3n) is 5.55. The summed E-state index contributed by atoms with van der Waals surface area (Å²) in [5.74, 6) is -0.800. The van der Waals surface area contributed by atoms with E-state index in [0.29, 0.717) is 12.2 Å². The first-order valence-electron chi connectivity index (χ1n) is 10.8. The molecule has 0 aliphatic rings. The van der Waals surface area contributed by atoms with Crippen LogP contribution in [0, 0.1) is 11.6 Å². The minimum Gasteiger partial charge on any atom is -0.352 e. The summed E-state index contributed by atoms with van der Waals surface area (Å²) in [5.41, 5.74) is 3.38. The maximum absolute atomic E-state index is 13.6. The van der Waals surface area contributed by atoms with Crippen LogP contribution in [-0.4, -0.2) is 27.7 Å². The predicted octanol–water partition coefficient (Wildman–Crippen LogP) is 4.72. The Balaban J connectivity index is 1.56. The molecule has 4 rings (SSSR count). The molecule has 0 saturated heterocycles. The Morgan fingerprint density at radius 1 is 1.06 bits per heavy atom. The zero-order chi connectivity index (χ0) is 24.3. The lowest BCUT2D eigenvalue weighted by Gasteiger charge is -2.27. The van der Waals surface area contributed by atoms with Gasteiger partial charge in [-0.1, -0.05) is 12.1 Å². The second kappa shape index (κ2) is 9.82. The zero-order valence-electron chi connectivity index (χ0n) is 19.1. The van der Waals surface area contributed by atoms with Gasteiger partial charge >= 0.3 is 0 Å². The van der Waals surface area contributed by atoms with Crippen LogP contribution >= 0.6 is 11.3 Å². The monoisotopic (exact) mass is 481 g/mol. The highest BCUT2D eigenvalue weighted by Gasteiger charge is 2.26. The van der Waals surface area contributed by atoms with E-state index in [1.54, 1.807) is 30.5 Å². The van der Waals surface area contributed by atoms with Crippen molar-refractivity contribution in [3.63, 3.8) is 0 Å². The van der Waals surface area contributed by atoms with Gasteiger partial charge in [0, 0.05) is 17.5 Å². The van der Waals surface area contributed by atoms with Crippen LogP contribution < -0.4 is 10.6 Å². The summed E-state index contributed by atoms with van der Waals surface area (Å²) in [6, 6.07) is 12.3. The number of halogens is 2. The molecule has 2 N–H and O–H groups in total. The van der Waals surface area contributed by atoms with E-state index in [4.69, 9.17) is 0 Å². The van der Waals surface area contributed by atoms with Gasteiger partial charge in [-0.2, -0.15) is 5.10 Å². The van der Waals surface area contributed by atoms with Crippen molar-refractivity contribution in [2.75, 3.05) is 7.05 Å². The van der Waals surface area contributed by atoms with Crippen molar-refractivity contribution in [2.24, 2.45) is 0 Å². The Labute approximate surface area is 200 Å². The third-order valence-corrected chi connectivity index (χ3v) is 6.48. The number of carbonyl (C=O) groups is 1. The number of thiazole rings is 1. The molecule has 2 aromatic heterocycles. The topological polar surface area (TPSA) is 71.8 Å². The van der Waals surface area contributed by atoms with Crippen molar-refractivity contribution >= 4 is 17.2 Å². The molecular formula is C25H25F2N5OS. The molecule has 34 heavy (non-hydrogen) atoms. The highest BCUT2D eigenvalue weighted by atomic mass is 32.1. The smallest absolute Gasteiger partial charge is 0.226 e. The number of carbonyl (C=O) groups excluding carboxylic acids is 1. The van der Waals surface area contributed by atoms with Gasteiger partial charge < -0.3 is 5.32 Å². The lowest BCUT2D eigenvalue weighted by molar-refractivity contribution is -0.120. The van der Waals surface area contributed by atoms with Gasteiger partial charge in [-0.25, -0.2) is 18.4 Å². The third kappa shape index (κ3) is 5.21. The lowest BCUT2D eigenvalue weighted by Crippen LogP contribution is -2.40. The van der Waals surface area contributed by atoms with Crippen LogP contribution in [0.3, 0.4) is 0 Å². The Kier molecular flexibility index (Phi) is 6.85. The predicted molar refractivity (Wildman–Crippen MR) is 129 cm³/mol. The molecule has 0 aliphatic carbocycles. The van der Waals surface area contributed by atoms with Crippen molar-refractivity contribution in [2.45, 2.75) is 32.5 Å². The van der Waals surface area contributed by atoms with E-state index in [1.165, 1.54) is 35.6 Å². The largest absolute Gasteiger partial charge is 0.352 e. The highest BCUT2D eigenvalue weighted by molar-refractivity contribution is 7.13. The first-order valence-corrected chi connectivity index (χ1v) is 11.6. The number of nitrogens with one attached hydrogen (secondary N) is 2. The average Bonchev–Trinajstić information content (AvgIpc) is 3.47. The molecule has 0 spiro atoms. The van der Waals surface area contributed by atoms with Gasteiger partial charge in [-0.3, -0.25) is 10.1 Å². The summed E-state index contributed by atoms with van der Waals surface area (Å²) in [6.45, 7) is 4.31. The molecule has 4 aromatic rings. The first kappa shape index (κ1) is 23.7. The molecule has 2 heterocycles. The molecule has 0 aliphatic heterocycles. The minimum absolute atomic E-state index is 0.125. The number of hydrogen-bond donors (Lipinski definition) is 2. The Hall–Kier alpha value is -3.43. The normalized spacial score (nSPS) is 11.6. The van der Waals surface area contributed by atoms with Crippen molar-refractivity contribution < 1.29 is 13.6 Å². The van der Waals surface area contributed by atoms with Gasteiger partial charge in [-0.05, 0) is 62.9 Å². The molecule has 9 heteroatoms. The van der Waals surface area contributed by atoms with Crippen LogP contribution in [0.15, 0.2) is 60.1 Å². The summed E-state index contributed by atoms with van der Waals surface area (Å²) >= 11 is 1.42. The van der Waals surface area contributed by atoms with Crippen LogP contribution in [0.1, 0.15) is 25.1 Å². The summed E-state index contributed by atoms with van der Waals surface area (Å²) in [7, 11) is 1.85. The Morgan fingerprint density at radius 2 is 1.71 bits per heavy atom. The summed E-state index contributed by atoms with van der Waals surface area (Å²) in [5, 5.41) is 13.2. The van der Waals surface area contributed by atoms with Gasteiger partial charge in [0.05, 0.1) is 29.6 Å². The molecule has 0 atom stereocenters. The van der Waals surface area contributed by atoms with E-state index in [2.05, 4.69) is 20.7 Å². The molecule has 176 valence electrons. The molecule has 0 radical (unpaired) electrons. The van der Waals surface area contributed by atoms with Crippen LogP contribution in [0.4, 0.5) is 8.78 Å². The van der Waals surface area contributed by atoms with Gasteiger partial charge in [0.1, 0.15) is 22.3 Å². The maximum atomic E-state index is 13.6. The van der Waals surface area contributed by atoms with Crippen molar-refractivity contribution in [3.05, 3.63) is 83.0 Å². The fourth-order valence-corrected chi connectivity index (χ4v) is 4.29. The van der Waals surface area contributed by atoms with Crippen LogP contribution in [0.25, 0.3) is 21.8 Å². The van der Waals surface area contributed by atoms with Crippen LogP contribution in [0.5, 0.6) is 0 Å². The van der Waals surface area contributed by atoms with E-state index in [9.17, 15) is 13.6 Å². The number of rotatable bonds is 8. The summed E-state index contributed by atoms with van der Waals surface area (Å²) in [4.78, 5) is 17.1. The molecule has 6 nitrogen and oxygen atoms in total. The molecule has 0 bridgehead atoms. The van der Waals surface area contributed by atoms with Crippen molar-refractivity contribution in [1.82, 2.24) is 25.4 Å². The van der Waals surface area contributed by atoms with Crippen LogP contribution in [0.2, 0.25) is 0 Å². The minimum atomic E-state index is -0.498. The van der Waals surface area contributed by atoms with Crippen molar-refractivity contribution in [1.29, 1.82) is 0 Å².